The van der Waals surface area contributed by atoms with E-state index in [1.54, 1.807) is 36.9 Å². The molecule has 1 saturated heterocycles. The molecule has 9 heteroatoms. The van der Waals surface area contributed by atoms with Crippen LogP contribution < -0.4 is 10.9 Å². The number of aromatic nitrogens is 2. The second kappa shape index (κ2) is 8.72. The summed E-state index contributed by atoms with van der Waals surface area (Å²) in [6.45, 7) is 1.23. The number of carbonyl (C=O) groups excluding carboxylic acids is 3. The molecule has 8 nitrogen and oxygen atoms in total. The number of benzene rings is 2. The van der Waals surface area contributed by atoms with Gasteiger partial charge in [-0.25, -0.2) is 4.68 Å². The molecule has 1 N–H and O–H groups in total. The zero-order valence-electron chi connectivity index (χ0n) is 17.4. The van der Waals surface area contributed by atoms with E-state index in [1.807, 2.05) is 48.5 Å². The van der Waals surface area contributed by atoms with Crippen molar-refractivity contribution < 1.29 is 14.4 Å². The van der Waals surface area contributed by atoms with Gasteiger partial charge in [0, 0.05) is 7.05 Å². The molecule has 0 unspecified atom stereocenters. The number of nitrogens with one attached hydrogen (secondary N) is 1. The lowest BCUT2D eigenvalue weighted by molar-refractivity contribution is -0.127. The van der Waals surface area contributed by atoms with Gasteiger partial charge in [-0.1, -0.05) is 48.5 Å². The summed E-state index contributed by atoms with van der Waals surface area (Å²) in [5.41, 5.74) is 1.69. The number of hydrogen-bond acceptors (Lipinski definition) is 5. The molecule has 3 aromatic rings. The molecular formula is C23H20N4O4S. The normalized spacial score (nSPS) is 14.9. The highest BCUT2D eigenvalue weighted by Crippen LogP contribution is 2.32. The summed E-state index contributed by atoms with van der Waals surface area (Å²) in [6, 6.07) is 18.2. The average Bonchev–Trinajstić information content (AvgIpc) is 3.16. The van der Waals surface area contributed by atoms with Crippen molar-refractivity contribution in [3.05, 3.63) is 87.2 Å². The van der Waals surface area contributed by atoms with Crippen molar-refractivity contribution in [2.45, 2.75) is 6.92 Å². The molecule has 0 saturated carbocycles. The number of carbonyl (C=O) groups is 3. The Kier molecular flexibility index (Phi) is 5.83. The summed E-state index contributed by atoms with van der Waals surface area (Å²) in [4.78, 5) is 51.7. The number of imide groups is 1. The molecule has 0 spiro atoms. The van der Waals surface area contributed by atoms with Crippen LogP contribution in [0.1, 0.15) is 11.3 Å². The largest absolute Gasteiger partial charge is 0.318 e. The Balaban J connectivity index is 1.52. The number of nitrogens with zero attached hydrogens (tertiary/aromatic N) is 3. The Hall–Kier alpha value is -3.85. The minimum absolute atomic E-state index is 0.105. The van der Waals surface area contributed by atoms with Crippen LogP contribution in [0, 0.1) is 6.92 Å². The fourth-order valence-electron chi connectivity index (χ4n) is 3.37. The lowest BCUT2D eigenvalue weighted by Crippen LogP contribution is -2.37. The summed E-state index contributed by atoms with van der Waals surface area (Å²) in [5, 5.41) is 2.05. The van der Waals surface area contributed by atoms with Crippen LogP contribution >= 0.6 is 11.8 Å². The predicted octanol–water partition coefficient (Wildman–Crippen LogP) is 3.16. The molecule has 2 heterocycles. The molecule has 0 radical (unpaired) electrons. The Bertz CT molecular complexity index is 1290. The van der Waals surface area contributed by atoms with Gasteiger partial charge < -0.3 is 5.32 Å². The van der Waals surface area contributed by atoms with Gasteiger partial charge in [-0.05, 0) is 42.5 Å². The fraction of sp³-hybridized carbons (Fsp3) is 0.130. The highest BCUT2D eigenvalue weighted by atomic mass is 32.2. The predicted molar refractivity (Wildman–Crippen MR) is 123 cm³/mol. The average molecular weight is 449 g/mol. The second-order valence-corrected chi connectivity index (χ2v) is 8.16. The van der Waals surface area contributed by atoms with Gasteiger partial charge in [0.1, 0.15) is 12.2 Å². The van der Waals surface area contributed by atoms with E-state index >= 15 is 0 Å². The van der Waals surface area contributed by atoms with E-state index in [2.05, 4.69) is 5.32 Å². The lowest BCUT2D eigenvalue weighted by Gasteiger charge is -2.11. The minimum Gasteiger partial charge on any atom is -0.318 e. The van der Waals surface area contributed by atoms with Crippen LogP contribution in [0.5, 0.6) is 0 Å². The first-order chi connectivity index (χ1) is 15.4. The fourth-order valence-corrected chi connectivity index (χ4v) is 4.21. The van der Waals surface area contributed by atoms with Crippen LogP contribution in [0.2, 0.25) is 0 Å². The first-order valence-electron chi connectivity index (χ1n) is 9.81. The molecule has 2 aromatic carbocycles. The number of thioether (sulfide) groups is 1. The van der Waals surface area contributed by atoms with Crippen LogP contribution in [0.25, 0.3) is 11.8 Å². The molecular weight excluding hydrogens is 428 g/mol. The molecule has 4 rings (SSSR count). The van der Waals surface area contributed by atoms with Crippen molar-refractivity contribution in [3.63, 3.8) is 0 Å². The smallest absolute Gasteiger partial charge is 0.295 e. The van der Waals surface area contributed by atoms with Gasteiger partial charge in [-0.3, -0.25) is 28.8 Å². The summed E-state index contributed by atoms with van der Waals surface area (Å²) < 4.78 is 3.07. The molecule has 1 aliphatic heterocycles. The lowest BCUT2D eigenvalue weighted by atomic mass is 10.2. The van der Waals surface area contributed by atoms with E-state index < -0.39 is 29.2 Å². The first kappa shape index (κ1) is 21.4. The van der Waals surface area contributed by atoms with Crippen LogP contribution in [0.15, 0.2) is 70.4 Å². The van der Waals surface area contributed by atoms with Crippen molar-refractivity contribution in [2.75, 3.05) is 11.9 Å². The SMILES string of the molecule is Cc1c(NC(=O)CN2C(=O)S/C(=C\c3ccccc3)C2=O)c(=O)n(-c2ccccc2)n1C. The molecule has 32 heavy (non-hydrogen) atoms. The summed E-state index contributed by atoms with van der Waals surface area (Å²) in [7, 11) is 1.71. The standard InChI is InChI=1S/C23H20N4O4S/c1-15-20(22(30)27(25(15)2)17-11-7-4-8-12-17)24-19(28)14-26-21(29)18(32-23(26)31)13-16-9-5-3-6-10-16/h3-13H,14H2,1-2H3,(H,24,28)/b18-13-. The third-order valence-electron chi connectivity index (χ3n) is 5.09. The second-order valence-electron chi connectivity index (χ2n) is 7.16. The monoisotopic (exact) mass is 448 g/mol. The van der Waals surface area contributed by atoms with Gasteiger partial charge in [0.15, 0.2) is 0 Å². The summed E-state index contributed by atoms with van der Waals surface area (Å²) >= 11 is 0.784. The zero-order chi connectivity index (χ0) is 22.8. The Labute approximate surface area is 188 Å². The number of anilines is 1. The van der Waals surface area contributed by atoms with E-state index in [4.69, 9.17) is 0 Å². The molecule has 1 fully saturated rings. The molecule has 1 aliphatic rings. The molecule has 162 valence electrons. The number of para-hydroxylation sites is 1. The maximum absolute atomic E-state index is 12.9. The molecule has 0 bridgehead atoms. The van der Waals surface area contributed by atoms with Crippen molar-refractivity contribution in [2.24, 2.45) is 7.05 Å². The minimum atomic E-state index is -0.626. The van der Waals surface area contributed by atoms with E-state index in [1.165, 1.54) is 4.68 Å². The van der Waals surface area contributed by atoms with Gasteiger partial charge in [0.25, 0.3) is 16.7 Å². The van der Waals surface area contributed by atoms with Crippen molar-refractivity contribution in [1.82, 2.24) is 14.3 Å². The van der Waals surface area contributed by atoms with Gasteiger partial charge in [0.2, 0.25) is 5.91 Å². The third-order valence-corrected chi connectivity index (χ3v) is 6.00. The summed E-state index contributed by atoms with van der Waals surface area (Å²) in [6.07, 6.45) is 1.61. The van der Waals surface area contributed by atoms with E-state index in [0.29, 0.717) is 11.4 Å². The van der Waals surface area contributed by atoms with E-state index in [9.17, 15) is 19.2 Å². The van der Waals surface area contributed by atoms with Crippen LogP contribution in [-0.2, 0) is 16.6 Å². The van der Waals surface area contributed by atoms with Crippen LogP contribution in [-0.4, -0.2) is 37.9 Å². The quantitative estimate of drug-likeness (QED) is 0.605. The summed E-state index contributed by atoms with van der Waals surface area (Å²) in [5.74, 6) is -1.16. The van der Waals surface area contributed by atoms with Crippen LogP contribution in [0.4, 0.5) is 10.5 Å². The van der Waals surface area contributed by atoms with Gasteiger partial charge in [0.05, 0.1) is 16.3 Å². The van der Waals surface area contributed by atoms with Gasteiger partial charge >= 0.3 is 0 Å². The highest BCUT2D eigenvalue weighted by Gasteiger charge is 2.36. The maximum Gasteiger partial charge on any atom is 0.295 e. The van der Waals surface area contributed by atoms with E-state index in [-0.39, 0.29) is 10.6 Å². The zero-order valence-corrected chi connectivity index (χ0v) is 18.3. The van der Waals surface area contributed by atoms with Crippen molar-refractivity contribution >= 4 is 40.6 Å². The highest BCUT2D eigenvalue weighted by molar-refractivity contribution is 8.18. The van der Waals surface area contributed by atoms with E-state index in [0.717, 1.165) is 22.2 Å². The first-order valence-corrected chi connectivity index (χ1v) is 10.6. The Morgan fingerprint density at radius 1 is 1.00 bits per heavy atom. The number of rotatable bonds is 5. The van der Waals surface area contributed by atoms with Crippen molar-refractivity contribution in [1.29, 1.82) is 0 Å². The molecule has 3 amide bonds. The van der Waals surface area contributed by atoms with Crippen molar-refractivity contribution in [3.8, 4) is 5.69 Å². The molecule has 1 aromatic heterocycles. The Morgan fingerprint density at radius 2 is 1.62 bits per heavy atom. The number of amides is 3. The molecule has 0 aliphatic carbocycles. The molecule has 0 atom stereocenters. The Morgan fingerprint density at radius 3 is 2.28 bits per heavy atom. The maximum atomic E-state index is 12.9. The van der Waals surface area contributed by atoms with Gasteiger partial charge in [-0.15, -0.1) is 0 Å². The third kappa shape index (κ3) is 4.02. The van der Waals surface area contributed by atoms with Gasteiger partial charge in [-0.2, -0.15) is 0 Å². The number of hydrogen-bond donors (Lipinski definition) is 1. The topological polar surface area (TPSA) is 93.4 Å². The van der Waals surface area contributed by atoms with Crippen LogP contribution in [0.3, 0.4) is 0 Å².